The van der Waals surface area contributed by atoms with E-state index in [4.69, 9.17) is 4.74 Å². The molecule has 0 saturated carbocycles. The Morgan fingerprint density at radius 1 is 1.21 bits per heavy atom. The van der Waals surface area contributed by atoms with Crippen LogP contribution in [-0.2, 0) is 0 Å². The Kier molecular flexibility index (Phi) is 4.93. The summed E-state index contributed by atoms with van der Waals surface area (Å²) in [6, 6.07) is 7.10. The molecule has 2 heterocycles. The van der Waals surface area contributed by atoms with Crippen LogP contribution in [0.2, 0.25) is 0 Å². The highest BCUT2D eigenvalue weighted by atomic mass is 16.5. The van der Waals surface area contributed by atoms with E-state index < -0.39 is 0 Å². The predicted octanol–water partition coefficient (Wildman–Crippen LogP) is 2.97. The van der Waals surface area contributed by atoms with Gasteiger partial charge in [-0.05, 0) is 30.9 Å². The Hall–Kier alpha value is -2.63. The number of carbonyl (C=O) groups excluding carboxylic acids is 1. The highest BCUT2D eigenvalue weighted by Gasteiger charge is 2.18. The van der Waals surface area contributed by atoms with Crippen LogP contribution in [0.25, 0.3) is 0 Å². The van der Waals surface area contributed by atoms with Gasteiger partial charge in [0.05, 0.1) is 30.8 Å². The summed E-state index contributed by atoms with van der Waals surface area (Å²) in [5.74, 6) is 1.78. The van der Waals surface area contributed by atoms with Crippen molar-refractivity contribution in [1.82, 2.24) is 9.97 Å². The van der Waals surface area contributed by atoms with Crippen molar-refractivity contribution < 1.29 is 9.53 Å². The van der Waals surface area contributed by atoms with Gasteiger partial charge in [0.1, 0.15) is 5.75 Å². The second-order valence-corrected chi connectivity index (χ2v) is 6.10. The van der Waals surface area contributed by atoms with Crippen LogP contribution >= 0.6 is 0 Å². The predicted molar refractivity (Wildman–Crippen MR) is 93.6 cm³/mol. The number of hydrogen-bond acceptors (Lipinski definition) is 5. The summed E-state index contributed by atoms with van der Waals surface area (Å²) < 4.78 is 5.21. The van der Waals surface area contributed by atoms with Crippen LogP contribution in [-0.4, -0.2) is 36.1 Å². The average Bonchev–Trinajstić information content (AvgIpc) is 2.63. The summed E-state index contributed by atoms with van der Waals surface area (Å²) in [5, 5.41) is 2.81. The lowest BCUT2D eigenvalue weighted by molar-refractivity contribution is 0.102. The van der Waals surface area contributed by atoms with Gasteiger partial charge in [-0.2, -0.15) is 0 Å². The topological polar surface area (TPSA) is 67.3 Å². The number of aromatic nitrogens is 2. The Balaban J connectivity index is 1.67. The molecule has 1 aliphatic rings. The molecule has 2 aromatic rings. The van der Waals surface area contributed by atoms with E-state index in [2.05, 4.69) is 27.1 Å². The van der Waals surface area contributed by atoms with E-state index in [1.807, 2.05) is 6.07 Å². The molecule has 24 heavy (non-hydrogen) atoms. The molecule has 1 aromatic heterocycles. The van der Waals surface area contributed by atoms with Crippen LogP contribution in [0.4, 0.5) is 11.6 Å². The Morgan fingerprint density at radius 2 is 1.88 bits per heavy atom. The minimum absolute atomic E-state index is 0.240. The number of nitrogens with zero attached hydrogens (tertiary/aromatic N) is 3. The first-order valence-corrected chi connectivity index (χ1v) is 8.18. The number of anilines is 2. The zero-order chi connectivity index (χ0) is 16.9. The van der Waals surface area contributed by atoms with Gasteiger partial charge in [0.15, 0.2) is 0 Å². The molecule has 6 nitrogen and oxygen atoms in total. The average molecular weight is 326 g/mol. The fourth-order valence-electron chi connectivity index (χ4n) is 2.79. The van der Waals surface area contributed by atoms with E-state index in [-0.39, 0.29) is 5.91 Å². The molecule has 0 radical (unpaired) electrons. The summed E-state index contributed by atoms with van der Waals surface area (Å²) in [4.78, 5) is 23.3. The van der Waals surface area contributed by atoms with Gasteiger partial charge in [-0.15, -0.1) is 0 Å². The monoisotopic (exact) mass is 326 g/mol. The fraction of sp³-hybridized carbons (Fsp3) is 0.389. The van der Waals surface area contributed by atoms with E-state index >= 15 is 0 Å². The molecule has 126 valence electrons. The third-order valence-electron chi connectivity index (χ3n) is 4.31. The van der Waals surface area contributed by atoms with E-state index in [1.54, 1.807) is 37.7 Å². The highest BCUT2D eigenvalue weighted by Crippen LogP contribution is 2.21. The molecule has 1 fully saturated rings. The third kappa shape index (κ3) is 3.64. The molecule has 0 atom stereocenters. The van der Waals surface area contributed by atoms with Crippen molar-refractivity contribution in [2.24, 2.45) is 5.92 Å². The molecule has 1 aliphatic heterocycles. The second-order valence-electron chi connectivity index (χ2n) is 6.10. The number of carbonyl (C=O) groups is 1. The van der Waals surface area contributed by atoms with Crippen molar-refractivity contribution in [2.75, 3.05) is 30.4 Å². The largest absolute Gasteiger partial charge is 0.496 e. The van der Waals surface area contributed by atoms with Crippen LogP contribution in [0.5, 0.6) is 5.75 Å². The summed E-state index contributed by atoms with van der Waals surface area (Å²) in [6.07, 6.45) is 5.62. The molecular weight excluding hydrogens is 304 g/mol. The van der Waals surface area contributed by atoms with Crippen molar-refractivity contribution in [3.05, 3.63) is 42.2 Å². The number of benzene rings is 1. The minimum atomic E-state index is -0.240. The number of nitrogens with one attached hydrogen (secondary N) is 1. The van der Waals surface area contributed by atoms with Crippen molar-refractivity contribution in [3.63, 3.8) is 0 Å². The van der Waals surface area contributed by atoms with E-state index in [0.717, 1.165) is 37.8 Å². The van der Waals surface area contributed by atoms with Gasteiger partial charge in [-0.25, -0.2) is 9.97 Å². The molecule has 1 amide bonds. The first-order chi connectivity index (χ1) is 11.7. The Bertz CT molecular complexity index is 694. The van der Waals surface area contributed by atoms with Crippen LogP contribution in [0.1, 0.15) is 30.1 Å². The third-order valence-corrected chi connectivity index (χ3v) is 4.31. The number of para-hydroxylation sites is 1. The summed E-state index contributed by atoms with van der Waals surface area (Å²) >= 11 is 0. The first-order valence-electron chi connectivity index (χ1n) is 8.18. The molecule has 0 aliphatic carbocycles. The highest BCUT2D eigenvalue weighted by molar-refractivity contribution is 6.06. The standard InChI is InChI=1S/C18H22N4O2/c1-13-7-9-22(10-8-13)18-19-11-14(12-20-18)21-17(23)15-5-3-4-6-16(15)24-2/h3-6,11-13H,7-10H2,1-2H3,(H,21,23). The van der Waals surface area contributed by atoms with E-state index in [9.17, 15) is 4.79 Å². The summed E-state index contributed by atoms with van der Waals surface area (Å²) in [7, 11) is 1.55. The second kappa shape index (κ2) is 7.29. The Labute approximate surface area is 141 Å². The molecule has 0 spiro atoms. The molecular formula is C18H22N4O2. The number of hydrogen-bond donors (Lipinski definition) is 1. The van der Waals surface area contributed by atoms with Gasteiger partial charge in [0.25, 0.3) is 5.91 Å². The number of rotatable bonds is 4. The molecule has 1 saturated heterocycles. The lowest BCUT2D eigenvalue weighted by Crippen LogP contribution is -2.34. The minimum Gasteiger partial charge on any atom is -0.496 e. The zero-order valence-corrected chi connectivity index (χ0v) is 14.0. The number of methoxy groups -OCH3 is 1. The number of piperidine rings is 1. The van der Waals surface area contributed by atoms with Gasteiger partial charge < -0.3 is 15.0 Å². The molecule has 0 bridgehead atoms. The van der Waals surface area contributed by atoms with Crippen molar-refractivity contribution in [2.45, 2.75) is 19.8 Å². The smallest absolute Gasteiger partial charge is 0.259 e. The quantitative estimate of drug-likeness (QED) is 0.935. The van der Waals surface area contributed by atoms with Crippen molar-refractivity contribution in [1.29, 1.82) is 0 Å². The fourth-order valence-corrected chi connectivity index (χ4v) is 2.79. The zero-order valence-electron chi connectivity index (χ0n) is 14.0. The number of ether oxygens (including phenoxy) is 1. The van der Waals surface area contributed by atoms with Crippen LogP contribution in [0.15, 0.2) is 36.7 Å². The maximum Gasteiger partial charge on any atom is 0.259 e. The van der Waals surface area contributed by atoms with Gasteiger partial charge in [-0.1, -0.05) is 19.1 Å². The van der Waals surface area contributed by atoms with Gasteiger partial charge in [0, 0.05) is 13.1 Å². The van der Waals surface area contributed by atoms with E-state index in [0.29, 0.717) is 17.0 Å². The molecule has 3 rings (SSSR count). The van der Waals surface area contributed by atoms with Gasteiger partial charge >= 0.3 is 0 Å². The number of amides is 1. The first kappa shape index (κ1) is 16.2. The normalized spacial score (nSPS) is 15.2. The molecule has 1 N–H and O–H groups in total. The van der Waals surface area contributed by atoms with Gasteiger partial charge in [-0.3, -0.25) is 4.79 Å². The molecule has 0 unspecified atom stereocenters. The van der Waals surface area contributed by atoms with Gasteiger partial charge in [0.2, 0.25) is 5.95 Å². The maximum atomic E-state index is 12.4. The summed E-state index contributed by atoms with van der Waals surface area (Å²) in [6.45, 7) is 4.23. The van der Waals surface area contributed by atoms with Crippen LogP contribution in [0, 0.1) is 5.92 Å². The van der Waals surface area contributed by atoms with Crippen molar-refractivity contribution in [3.8, 4) is 5.75 Å². The Morgan fingerprint density at radius 3 is 2.54 bits per heavy atom. The van der Waals surface area contributed by atoms with Crippen LogP contribution in [0.3, 0.4) is 0 Å². The molecule has 6 heteroatoms. The van der Waals surface area contributed by atoms with E-state index in [1.165, 1.54) is 0 Å². The molecule has 1 aromatic carbocycles. The lowest BCUT2D eigenvalue weighted by Gasteiger charge is -2.30. The van der Waals surface area contributed by atoms with Crippen LogP contribution < -0.4 is 15.0 Å². The summed E-state index contributed by atoms with van der Waals surface area (Å²) in [5.41, 5.74) is 1.05. The SMILES string of the molecule is COc1ccccc1C(=O)Nc1cnc(N2CCC(C)CC2)nc1. The lowest BCUT2D eigenvalue weighted by atomic mass is 10.00. The maximum absolute atomic E-state index is 12.4. The van der Waals surface area contributed by atoms with Crippen molar-refractivity contribution >= 4 is 17.5 Å².